The van der Waals surface area contributed by atoms with Gasteiger partial charge in [-0.05, 0) is 43.7 Å². The lowest BCUT2D eigenvalue weighted by Crippen LogP contribution is -2.40. The average Bonchev–Trinajstić information content (AvgIpc) is 3.19. The minimum atomic E-state index is -0.296. The largest absolute Gasteiger partial charge is 0.415 e. The number of aromatic nitrogens is 4. The summed E-state index contributed by atoms with van der Waals surface area (Å²) in [6.45, 7) is 3.33. The van der Waals surface area contributed by atoms with Crippen LogP contribution in [-0.2, 0) is 0 Å². The molecular weight excluding hydrogens is 368 g/mol. The molecule has 1 fully saturated rings. The van der Waals surface area contributed by atoms with Gasteiger partial charge in [0.15, 0.2) is 11.5 Å². The Labute approximate surface area is 168 Å². The van der Waals surface area contributed by atoms with Crippen LogP contribution < -0.4 is 10.5 Å². The summed E-state index contributed by atoms with van der Waals surface area (Å²) in [7, 11) is 0. The lowest BCUT2D eigenvalue weighted by atomic mass is 9.94. The zero-order valence-electron chi connectivity index (χ0n) is 16.2. The predicted molar refractivity (Wildman–Crippen MR) is 109 cm³/mol. The summed E-state index contributed by atoms with van der Waals surface area (Å²) in [4.78, 5) is 29.5. The molecular formula is C21H22N6O2. The highest BCUT2D eigenvalue weighted by atomic mass is 16.6. The van der Waals surface area contributed by atoms with Crippen LogP contribution >= 0.6 is 0 Å². The Morgan fingerprint density at radius 2 is 2.03 bits per heavy atom. The third-order valence-electron chi connectivity index (χ3n) is 5.00. The lowest BCUT2D eigenvalue weighted by Gasteiger charge is -2.30. The van der Waals surface area contributed by atoms with Crippen LogP contribution in [0.3, 0.4) is 0 Å². The van der Waals surface area contributed by atoms with Gasteiger partial charge < -0.3 is 20.4 Å². The molecule has 0 radical (unpaired) electrons. The van der Waals surface area contributed by atoms with Crippen molar-refractivity contribution in [1.82, 2.24) is 24.8 Å². The number of aromatic amines is 1. The number of benzene rings is 1. The molecule has 3 N–H and O–H groups in total. The monoisotopic (exact) mass is 390 g/mol. The number of nitrogen functional groups attached to an aromatic ring is 1. The molecule has 148 valence electrons. The van der Waals surface area contributed by atoms with Gasteiger partial charge in [0.25, 0.3) is 0 Å². The summed E-state index contributed by atoms with van der Waals surface area (Å²) < 4.78 is 5.45. The van der Waals surface area contributed by atoms with E-state index < -0.39 is 0 Å². The highest BCUT2D eigenvalue weighted by Crippen LogP contribution is 2.21. The Hall–Kier alpha value is -3.60. The summed E-state index contributed by atoms with van der Waals surface area (Å²) >= 11 is 0. The number of nitrogens with one attached hydrogen (secondary N) is 1. The number of nitrogens with two attached hydrogens (primary N) is 1. The molecule has 0 saturated carbocycles. The molecule has 3 heterocycles. The van der Waals surface area contributed by atoms with Crippen molar-refractivity contribution in [1.29, 1.82) is 0 Å². The second-order valence-electron chi connectivity index (χ2n) is 7.15. The van der Waals surface area contributed by atoms with E-state index >= 15 is 0 Å². The van der Waals surface area contributed by atoms with Gasteiger partial charge >= 0.3 is 6.09 Å². The minimum absolute atomic E-state index is 0.296. The zero-order chi connectivity index (χ0) is 20.2. The Kier molecular flexibility index (Phi) is 5.29. The molecule has 0 atom stereocenters. The Balaban J connectivity index is 1.28. The van der Waals surface area contributed by atoms with Gasteiger partial charge in [0.1, 0.15) is 11.3 Å². The molecule has 4 rings (SSSR count). The van der Waals surface area contributed by atoms with Gasteiger partial charge in [-0.1, -0.05) is 23.6 Å². The van der Waals surface area contributed by atoms with E-state index in [0.717, 1.165) is 24.8 Å². The highest BCUT2D eigenvalue weighted by Gasteiger charge is 2.23. The van der Waals surface area contributed by atoms with E-state index in [-0.39, 0.29) is 6.09 Å². The molecule has 3 aromatic rings. The second-order valence-corrected chi connectivity index (χ2v) is 7.15. The fourth-order valence-electron chi connectivity index (χ4n) is 3.28. The topological polar surface area (TPSA) is 110 Å². The van der Waals surface area contributed by atoms with E-state index in [9.17, 15) is 4.79 Å². The predicted octanol–water partition coefficient (Wildman–Crippen LogP) is 2.90. The van der Waals surface area contributed by atoms with Crippen LogP contribution in [0.4, 0.5) is 10.6 Å². The number of fused-ring (bicyclic) bond motifs is 1. The third-order valence-corrected chi connectivity index (χ3v) is 5.00. The number of hydrogen-bond donors (Lipinski definition) is 2. The minimum Gasteiger partial charge on any atom is -0.410 e. The summed E-state index contributed by atoms with van der Waals surface area (Å²) in [5.41, 5.74) is 8.14. The van der Waals surface area contributed by atoms with E-state index in [0.29, 0.717) is 47.6 Å². The maximum absolute atomic E-state index is 12.3. The third kappa shape index (κ3) is 4.46. The number of likely N-dealkylation sites (tertiary alicyclic amines) is 1. The molecule has 1 aromatic carbocycles. The van der Waals surface area contributed by atoms with E-state index in [1.165, 1.54) is 6.33 Å². The van der Waals surface area contributed by atoms with E-state index in [1.807, 2.05) is 31.2 Å². The summed E-state index contributed by atoms with van der Waals surface area (Å²) in [6.07, 6.45) is 3.74. The van der Waals surface area contributed by atoms with Gasteiger partial charge in [0, 0.05) is 19.5 Å². The van der Waals surface area contributed by atoms with Crippen LogP contribution in [0.5, 0.6) is 5.75 Å². The number of hydrogen-bond acceptors (Lipinski definition) is 6. The lowest BCUT2D eigenvalue weighted by molar-refractivity contribution is 0.131. The summed E-state index contributed by atoms with van der Waals surface area (Å²) in [5.74, 6) is 7.83. The molecule has 0 spiro atoms. The molecule has 1 aliphatic heterocycles. The van der Waals surface area contributed by atoms with Gasteiger partial charge in [-0.3, -0.25) is 0 Å². The van der Waals surface area contributed by atoms with Crippen molar-refractivity contribution in [2.45, 2.75) is 26.2 Å². The maximum Gasteiger partial charge on any atom is 0.415 e. The fraction of sp³-hybridized carbons (Fsp3) is 0.333. The van der Waals surface area contributed by atoms with Crippen LogP contribution in [0, 0.1) is 24.7 Å². The maximum atomic E-state index is 12.3. The van der Waals surface area contributed by atoms with Crippen LogP contribution in [0.2, 0.25) is 0 Å². The first kappa shape index (κ1) is 18.7. The molecule has 1 aliphatic rings. The number of ether oxygens (including phenoxy) is 1. The van der Waals surface area contributed by atoms with Crippen molar-refractivity contribution in [3.63, 3.8) is 0 Å². The fourth-order valence-corrected chi connectivity index (χ4v) is 3.28. The molecule has 1 amide bonds. The Bertz CT molecular complexity index is 1070. The van der Waals surface area contributed by atoms with Gasteiger partial charge in [0.05, 0.1) is 6.33 Å². The number of H-pyrrole nitrogens is 1. The molecule has 0 unspecified atom stereocenters. The van der Waals surface area contributed by atoms with Crippen LogP contribution in [0.15, 0.2) is 30.6 Å². The average molecular weight is 390 g/mol. The van der Waals surface area contributed by atoms with Gasteiger partial charge in [-0.15, -0.1) is 0 Å². The number of aryl methyl sites for hydroxylation is 1. The van der Waals surface area contributed by atoms with Crippen molar-refractivity contribution in [2.75, 3.05) is 18.8 Å². The number of nitrogens with zero attached hydrogens (tertiary/aromatic N) is 4. The van der Waals surface area contributed by atoms with E-state index in [4.69, 9.17) is 10.5 Å². The first-order valence-corrected chi connectivity index (χ1v) is 9.57. The smallest absolute Gasteiger partial charge is 0.410 e. The number of rotatable bonds is 2. The highest BCUT2D eigenvalue weighted by molar-refractivity contribution is 5.81. The quantitative estimate of drug-likeness (QED) is 0.651. The molecule has 0 bridgehead atoms. The first-order chi connectivity index (χ1) is 14.1. The Morgan fingerprint density at radius 3 is 2.79 bits per heavy atom. The van der Waals surface area contributed by atoms with Crippen LogP contribution in [-0.4, -0.2) is 44.0 Å². The summed E-state index contributed by atoms with van der Waals surface area (Å²) in [6, 6.07) is 7.47. The molecule has 8 nitrogen and oxygen atoms in total. The van der Waals surface area contributed by atoms with Crippen LogP contribution in [0.25, 0.3) is 11.2 Å². The van der Waals surface area contributed by atoms with Gasteiger partial charge in [0.2, 0.25) is 5.82 Å². The van der Waals surface area contributed by atoms with Crippen molar-refractivity contribution >= 4 is 23.1 Å². The van der Waals surface area contributed by atoms with Crippen LogP contribution in [0.1, 0.15) is 30.7 Å². The van der Waals surface area contributed by atoms with E-state index in [1.54, 1.807) is 4.90 Å². The van der Waals surface area contributed by atoms with E-state index in [2.05, 4.69) is 31.8 Å². The Morgan fingerprint density at radius 1 is 1.28 bits per heavy atom. The zero-order valence-corrected chi connectivity index (χ0v) is 16.2. The normalized spacial score (nSPS) is 14.4. The molecule has 2 aromatic heterocycles. The number of carbonyl (C=O) groups excluding carboxylic acids is 1. The van der Waals surface area contributed by atoms with Crippen molar-refractivity contribution in [3.05, 3.63) is 42.0 Å². The molecule has 1 saturated heterocycles. The van der Waals surface area contributed by atoms with Gasteiger partial charge in [-0.25, -0.2) is 19.7 Å². The summed E-state index contributed by atoms with van der Waals surface area (Å²) in [5, 5.41) is 0. The number of amides is 1. The standard InChI is InChI=1S/C21H22N6O2/c1-14-5-7-16(8-6-14)29-21(28)27-11-9-15(10-12-27)3-2-4-17-25-19(22)18-20(26-17)24-13-23-18/h5-8,13,15H,3,9-12H2,1H3,(H3,22,23,24,25,26). The number of carbonyl (C=O) groups is 1. The first-order valence-electron chi connectivity index (χ1n) is 9.57. The number of piperidine rings is 1. The molecule has 29 heavy (non-hydrogen) atoms. The second kappa shape index (κ2) is 8.19. The molecule has 0 aliphatic carbocycles. The van der Waals surface area contributed by atoms with Crippen molar-refractivity contribution in [2.24, 2.45) is 5.92 Å². The number of anilines is 1. The van der Waals surface area contributed by atoms with Crippen molar-refractivity contribution in [3.8, 4) is 17.6 Å². The number of imidazole rings is 1. The van der Waals surface area contributed by atoms with Crippen molar-refractivity contribution < 1.29 is 9.53 Å². The SMILES string of the molecule is Cc1ccc(OC(=O)N2CCC(CC#Cc3nc(N)c4nc[nH]c4n3)CC2)cc1. The molecule has 8 heteroatoms. The van der Waals surface area contributed by atoms with Gasteiger partial charge in [-0.2, -0.15) is 0 Å².